The molecule has 0 saturated carbocycles. The maximum absolute atomic E-state index is 14.4. The van der Waals surface area contributed by atoms with Crippen LogP contribution < -0.4 is 15.8 Å². The van der Waals surface area contributed by atoms with Gasteiger partial charge in [-0.1, -0.05) is 35.0 Å². The second-order valence-corrected chi connectivity index (χ2v) is 9.66. The summed E-state index contributed by atoms with van der Waals surface area (Å²) in [5.74, 6) is 1.13. The molecule has 0 aromatic heterocycles. The van der Waals surface area contributed by atoms with E-state index >= 15 is 0 Å². The van der Waals surface area contributed by atoms with Crippen molar-refractivity contribution in [1.29, 1.82) is 0 Å². The summed E-state index contributed by atoms with van der Waals surface area (Å²) in [6.45, 7) is 2.55. The van der Waals surface area contributed by atoms with Crippen LogP contribution in [-0.2, 0) is 11.0 Å². The van der Waals surface area contributed by atoms with Crippen LogP contribution in [0.25, 0.3) is 0 Å². The second-order valence-electron chi connectivity index (χ2n) is 8.82. The maximum Gasteiger partial charge on any atom is 0.416 e. The SMILES string of the molecule is CC(C)(N)C#Cc1cc(Cl)c(NC(=O)COc2ccc(Cl)cc2C(=O)c2cc(F)cc(C(F)(F)F)c2)cc1F. The summed E-state index contributed by atoms with van der Waals surface area (Å²) in [5.41, 5.74) is 2.47. The Kier molecular flexibility index (Phi) is 8.91. The zero-order chi connectivity index (χ0) is 29.1. The van der Waals surface area contributed by atoms with Gasteiger partial charge in [0.05, 0.1) is 32.9 Å². The molecule has 0 aliphatic carbocycles. The first-order chi connectivity index (χ1) is 18.0. The second kappa shape index (κ2) is 11.6. The molecule has 0 heterocycles. The Bertz CT molecular complexity index is 1510. The van der Waals surface area contributed by atoms with Crippen molar-refractivity contribution in [3.8, 4) is 17.6 Å². The lowest BCUT2D eigenvalue weighted by molar-refractivity contribution is -0.137. The molecule has 0 aliphatic rings. The van der Waals surface area contributed by atoms with Crippen molar-refractivity contribution in [2.24, 2.45) is 5.73 Å². The van der Waals surface area contributed by atoms with Crippen molar-refractivity contribution in [3.63, 3.8) is 0 Å². The molecule has 3 aromatic carbocycles. The van der Waals surface area contributed by atoms with Crippen LogP contribution in [0.2, 0.25) is 10.0 Å². The molecular formula is C27H19Cl2F5N2O3. The summed E-state index contributed by atoms with van der Waals surface area (Å²) in [6, 6.07) is 7.16. The Labute approximate surface area is 230 Å². The van der Waals surface area contributed by atoms with Gasteiger partial charge in [-0.2, -0.15) is 13.2 Å². The maximum atomic E-state index is 14.4. The molecule has 0 fully saturated rings. The first-order valence-electron chi connectivity index (χ1n) is 11.0. The zero-order valence-electron chi connectivity index (χ0n) is 20.3. The Morgan fingerprint density at radius 2 is 1.72 bits per heavy atom. The van der Waals surface area contributed by atoms with Gasteiger partial charge in [-0.05, 0) is 56.3 Å². The molecule has 0 bridgehead atoms. The molecule has 3 aromatic rings. The van der Waals surface area contributed by atoms with Crippen molar-refractivity contribution in [3.05, 3.63) is 92.5 Å². The van der Waals surface area contributed by atoms with E-state index in [9.17, 15) is 31.5 Å². The summed E-state index contributed by atoms with van der Waals surface area (Å²) in [7, 11) is 0. The summed E-state index contributed by atoms with van der Waals surface area (Å²) in [4.78, 5) is 25.4. The Morgan fingerprint density at radius 1 is 1.03 bits per heavy atom. The largest absolute Gasteiger partial charge is 0.483 e. The molecule has 0 aliphatic heterocycles. The predicted octanol–water partition coefficient (Wildman–Crippen LogP) is 6.63. The Balaban J connectivity index is 1.80. The fourth-order valence-electron chi connectivity index (χ4n) is 3.14. The van der Waals surface area contributed by atoms with E-state index in [1.807, 2.05) is 0 Å². The quantitative estimate of drug-likeness (QED) is 0.194. The summed E-state index contributed by atoms with van der Waals surface area (Å²) in [5, 5.41) is 2.35. The minimum absolute atomic E-state index is 0.0298. The molecule has 0 saturated heterocycles. The number of nitrogens with two attached hydrogens (primary N) is 1. The van der Waals surface area contributed by atoms with Gasteiger partial charge in [-0.3, -0.25) is 9.59 Å². The first-order valence-corrected chi connectivity index (χ1v) is 11.7. The molecular weight excluding hydrogens is 566 g/mol. The lowest BCUT2D eigenvalue weighted by atomic mass is 10.00. The smallest absolute Gasteiger partial charge is 0.416 e. The van der Waals surface area contributed by atoms with Gasteiger partial charge >= 0.3 is 6.18 Å². The van der Waals surface area contributed by atoms with Crippen LogP contribution >= 0.6 is 23.2 Å². The summed E-state index contributed by atoms with van der Waals surface area (Å²) in [6.07, 6.45) is -4.89. The number of amides is 1. The summed E-state index contributed by atoms with van der Waals surface area (Å²) < 4.78 is 73.0. The van der Waals surface area contributed by atoms with E-state index in [0.717, 1.165) is 12.1 Å². The van der Waals surface area contributed by atoms with Crippen molar-refractivity contribution in [1.82, 2.24) is 0 Å². The van der Waals surface area contributed by atoms with E-state index in [1.165, 1.54) is 18.2 Å². The highest BCUT2D eigenvalue weighted by molar-refractivity contribution is 6.34. The van der Waals surface area contributed by atoms with Gasteiger partial charge in [0.2, 0.25) is 0 Å². The number of nitrogens with one attached hydrogen (secondary N) is 1. The third-order valence-electron chi connectivity index (χ3n) is 4.88. The monoisotopic (exact) mass is 584 g/mol. The molecule has 39 heavy (non-hydrogen) atoms. The molecule has 0 radical (unpaired) electrons. The number of halogens is 7. The minimum atomic E-state index is -4.89. The number of ether oxygens (including phenoxy) is 1. The molecule has 3 rings (SSSR count). The third-order valence-corrected chi connectivity index (χ3v) is 5.43. The van der Waals surface area contributed by atoms with Crippen LogP contribution in [0.4, 0.5) is 27.6 Å². The van der Waals surface area contributed by atoms with Gasteiger partial charge in [-0.15, -0.1) is 0 Å². The van der Waals surface area contributed by atoms with Crippen LogP contribution in [0.1, 0.15) is 40.9 Å². The minimum Gasteiger partial charge on any atom is -0.483 e. The average molecular weight is 585 g/mol. The number of alkyl halides is 3. The zero-order valence-corrected chi connectivity index (χ0v) is 21.8. The highest BCUT2D eigenvalue weighted by Gasteiger charge is 2.32. The molecule has 3 N–H and O–H groups in total. The normalized spacial score (nSPS) is 11.4. The number of ketones is 1. The number of carbonyl (C=O) groups is 2. The van der Waals surface area contributed by atoms with E-state index in [-0.39, 0.29) is 38.7 Å². The predicted molar refractivity (Wildman–Crippen MR) is 137 cm³/mol. The fraction of sp³-hybridized carbons (Fsp3) is 0.185. The van der Waals surface area contributed by atoms with Gasteiger partial charge in [0.25, 0.3) is 5.91 Å². The van der Waals surface area contributed by atoms with Crippen LogP contribution in [0.5, 0.6) is 5.75 Å². The number of hydrogen-bond donors (Lipinski definition) is 2. The molecule has 12 heteroatoms. The number of hydrogen-bond acceptors (Lipinski definition) is 4. The van der Waals surface area contributed by atoms with Gasteiger partial charge < -0.3 is 15.8 Å². The van der Waals surface area contributed by atoms with Gasteiger partial charge in [-0.25, -0.2) is 8.78 Å². The lowest BCUT2D eigenvalue weighted by Gasteiger charge is -2.14. The Morgan fingerprint density at radius 3 is 2.36 bits per heavy atom. The highest BCUT2D eigenvalue weighted by atomic mass is 35.5. The topological polar surface area (TPSA) is 81.4 Å². The van der Waals surface area contributed by atoms with Gasteiger partial charge in [0.1, 0.15) is 17.4 Å². The number of benzene rings is 3. The van der Waals surface area contributed by atoms with Crippen LogP contribution in [0, 0.1) is 23.5 Å². The lowest BCUT2D eigenvalue weighted by Crippen LogP contribution is -2.29. The Hall–Kier alpha value is -3.65. The molecule has 0 atom stereocenters. The van der Waals surface area contributed by atoms with E-state index in [2.05, 4.69) is 17.2 Å². The first kappa shape index (κ1) is 29.9. The molecule has 0 unspecified atom stereocenters. The van der Waals surface area contributed by atoms with Crippen molar-refractivity contribution in [2.75, 3.05) is 11.9 Å². The molecule has 1 amide bonds. The number of carbonyl (C=O) groups excluding carboxylic acids is 2. The van der Waals surface area contributed by atoms with Crippen LogP contribution in [0.15, 0.2) is 48.5 Å². The van der Waals surface area contributed by atoms with Crippen molar-refractivity contribution >= 4 is 40.6 Å². The van der Waals surface area contributed by atoms with E-state index in [1.54, 1.807) is 13.8 Å². The summed E-state index contributed by atoms with van der Waals surface area (Å²) >= 11 is 12.1. The third kappa shape index (κ3) is 8.17. The number of rotatable bonds is 6. The van der Waals surface area contributed by atoms with E-state index in [0.29, 0.717) is 12.1 Å². The van der Waals surface area contributed by atoms with Crippen LogP contribution in [0.3, 0.4) is 0 Å². The van der Waals surface area contributed by atoms with Crippen molar-refractivity contribution < 1.29 is 36.3 Å². The standard InChI is InChI=1S/C27H19Cl2F5N2O3/c1-26(2,35)6-5-14-9-20(29)22(12-21(14)31)36-24(37)13-39-23-4-3-17(28)11-19(23)25(38)15-7-16(27(32,33)34)10-18(30)8-15/h3-4,7-12H,13,35H2,1-2H3,(H,36,37). The van der Waals surface area contributed by atoms with Gasteiger partial charge in [0.15, 0.2) is 12.4 Å². The average Bonchev–Trinajstić information content (AvgIpc) is 2.82. The van der Waals surface area contributed by atoms with Gasteiger partial charge in [0, 0.05) is 16.7 Å². The molecule has 5 nitrogen and oxygen atoms in total. The van der Waals surface area contributed by atoms with Crippen LogP contribution in [-0.4, -0.2) is 23.8 Å². The highest BCUT2D eigenvalue weighted by Crippen LogP contribution is 2.32. The number of anilines is 1. The molecule has 204 valence electrons. The van der Waals surface area contributed by atoms with E-state index < -0.39 is 52.8 Å². The molecule has 0 spiro atoms. The van der Waals surface area contributed by atoms with Crippen molar-refractivity contribution in [2.45, 2.75) is 25.6 Å². The fourth-order valence-corrected chi connectivity index (χ4v) is 3.52. The van der Waals surface area contributed by atoms with E-state index in [4.69, 9.17) is 33.7 Å².